The van der Waals surface area contributed by atoms with Crippen molar-refractivity contribution in [2.75, 3.05) is 0 Å². The van der Waals surface area contributed by atoms with Crippen LogP contribution in [0, 0.1) is 5.82 Å². The summed E-state index contributed by atoms with van der Waals surface area (Å²) in [7, 11) is 0. The van der Waals surface area contributed by atoms with Gasteiger partial charge in [-0.15, -0.1) is 0 Å². The molecule has 0 fully saturated rings. The molecule has 5 aromatic rings. The number of hydrogen-bond acceptors (Lipinski definition) is 3. The van der Waals surface area contributed by atoms with Crippen molar-refractivity contribution in [2.24, 2.45) is 0 Å². The molecule has 0 saturated heterocycles. The quantitative estimate of drug-likeness (QED) is 0.415. The van der Waals surface area contributed by atoms with Crippen molar-refractivity contribution in [1.82, 2.24) is 19.4 Å². The minimum Gasteiger partial charge on any atom is -0.276 e. The largest absolute Gasteiger partial charge is 0.276 e. The third-order valence-electron chi connectivity index (χ3n) is 4.44. The molecule has 4 nitrogen and oxygen atoms in total. The summed E-state index contributed by atoms with van der Waals surface area (Å²) in [6.45, 7) is 0. The number of imidazole rings is 1. The van der Waals surface area contributed by atoms with Gasteiger partial charge in [-0.05, 0) is 48.5 Å². The lowest BCUT2D eigenvalue weighted by Gasteiger charge is -2.10. The van der Waals surface area contributed by atoms with Crippen LogP contribution in [0.5, 0.6) is 0 Å². The third kappa shape index (κ3) is 2.64. The smallest absolute Gasteiger partial charge is 0.235 e. The molecule has 0 aliphatic heterocycles. The van der Waals surface area contributed by atoms with E-state index in [2.05, 4.69) is 15.0 Å². The highest BCUT2D eigenvalue weighted by atomic mass is 35.5. The van der Waals surface area contributed by atoms with Crippen LogP contribution in [0.4, 0.5) is 4.39 Å². The van der Waals surface area contributed by atoms with Crippen molar-refractivity contribution in [3.8, 4) is 22.5 Å². The van der Waals surface area contributed by atoms with Crippen LogP contribution >= 0.6 is 11.6 Å². The summed E-state index contributed by atoms with van der Waals surface area (Å²) in [6.07, 6.45) is 3.48. The molecule has 27 heavy (non-hydrogen) atoms. The van der Waals surface area contributed by atoms with Gasteiger partial charge in [0, 0.05) is 28.5 Å². The minimum atomic E-state index is -0.328. The van der Waals surface area contributed by atoms with Gasteiger partial charge in [-0.3, -0.25) is 9.38 Å². The standard InChI is InChI=1S/C21H12ClFN4/c22-14-7-8-19-18(10-14)26-21-25-17(15-5-1-2-6-16(15)23)11-20(27(19)21)13-4-3-9-24-12-13/h1-12H. The van der Waals surface area contributed by atoms with Crippen molar-refractivity contribution in [1.29, 1.82) is 0 Å². The van der Waals surface area contributed by atoms with Gasteiger partial charge in [-0.1, -0.05) is 23.7 Å². The number of nitrogens with zero attached hydrogens (tertiary/aromatic N) is 4. The first kappa shape index (κ1) is 15.9. The fourth-order valence-electron chi connectivity index (χ4n) is 3.22. The van der Waals surface area contributed by atoms with Crippen LogP contribution in [0.2, 0.25) is 5.02 Å². The Morgan fingerprint density at radius 2 is 1.81 bits per heavy atom. The first-order valence-electron chi connectivity index (χ1n) is 8.35. The summed E-state index contributed by atoms with van der Waals surface area (Å²) in [5, 5.41) is 0.600. The number of rotatable bonds is 2. The van der Waals surface area contributed by atoms with Gasteiger partial charge in [0.25, 0.3) is 0 Å². The highest BCUT2D eigenvalue weighted by Gasteiger charge is 2.16. The molecule has 0 saturated carbocycles. The van der Waals surface area contributed by atoms with Gasteiger partial charge in [0.1, 0.15) is 5.82 Å². The van der Waals surface area contributed by atoms with Crippen molar-refractivity contribution >= 4 is 28.4 Å². The Morgan fingerprint density at radius 1 is 0.926 bits per heavy atom. The Balaban J connectivity index is 1.90. The highest BCUT2D eigenvalue weighted by Crippen LogP contribution is 2.30. The van der Waals surface area contributed by atoms with E-state index in [0.717, 1.165) is 22.3 Å². The Morgan fingerprint density at radius 3 is 2.63 bits per heavy atom. The topological polar surface area (TPSA) is 43.1 Å². The van der Waals surface area contributed by atoms with Crippen LogP contribution in [0.15, 0.2) is 73.1 Å². The number of pyridine rings is 1. The summed E-state index contributed by atoms with van der Waals surface area (Å²) in [6, 6.07) is 17.8. The first-order valence-corrected chi connectivity index (χ1v) is 8.72. The summed E-state index contributed by atoms with van der Waals surface area (Å²) in [5.74, 6) is 0.150. The first-order chi connectivity index (χ1) is 13.2. The Hall–Kier alpha value is -3.31. The Bertz CT molecular complexity index is 1300. The van der Waals surface area contributed by atoms with Crippen LogP contribution in [0.25, 0.3) is 39.3 Å². The van der Waals surface area contributed by atoms with Crippen molar-refractivity contribution < 1.29 is 4.39 Å². The Kier molecular flexibility index (Phi) is 3.62. The summed E-state index contributed by atoms with van der Waals surface area (Å²) in [5.41, 5.74) is 4.26. The molecule has 5 rings (SSSR count). The van der Waals surface area contributed by atoms with Crippen molar-refractivity contribution in [3.63, 3.8) is 0 Å². The molecule has 3 aromatic heterocycles. The average molecular weight is 375 g/mol. The molecule has 0 unspecified atom stereocenters. The second kappa shape index (κ2) is 6.14. The van der Waals surface area contributed by atoms with Crippen molar-refractivity contribution in [3.05, 3.63) is 83.9 Å². The molecule has 130 valence electrons. The maximum atomic E-state index is 14.4. The predicted molar refractivity (Wildman–Crippen MR) is 104 cm³/mol. The van der Waals surface area contributed by atoms with Gasteiger partial charge in [-0.25, -0.2) is 14.4 Å². The van der Waals surface area contributed by atoms with Gasteiger partial charge < -0.3 is 0 Å². The van der Waals surface area contributed by atoms with Crippen LogP contribution in [-0.2, 0) is 0 Å². The van der Waals surface area contributed by atoms with Gasteiger partial charge >= 0.3 is 0 Å². The molecule has 0 bridgehead atoms. The zero-order valence-electron chi connectivity index (χ0n) is 14.0. The number of aromatic nitrogens is 4. The average Bonchev–Trinajstić information content (AvgIpc) is 3.05. The van der Waals surface area contributed by atoms with Crippen LogP contribution in [-0.4, -0.2) is 19.4 Å². The fourth-order valence-corrected chi connectivity index (χ4v) is 3.39. The minimum absolute atomic E-state index is 0.328. The van der Waals surface area contributed by atoms with E-state index < -0.39 is 0 Å². The molecule has 0 spiro atoms. The molecular formula is C21H12ClFN4. The molecule has 0 aliphatic rings. The molecule has 6 heteroatoms. The van der Waals surface area contributed by atoms with Gasteiger partial charge in [0.2, 0.25) is 5.78 Å². The van der Waals surface area contributed by atoms with E-state index in [1.807, 2.05) is 34.7 Å². The highest BCUT2D eigenvalue weighted by molar-refractivity contribution is 6.31. The predicted octanol–water partition coefficient (Wildman–Crippen LogP) is 5.40. The lowest BCUT2D eigenvalue weighted by molar-refractivity contribution is 0.631. The van der Waals surface area contributed by atoms with E-state index in [1.165, 1.54) is 6.07 Å². The summed E-state index contributed by atoms with van der Waals surface area (Å²) < 4.78 is 16.3. The Labute approximate surface area is 158 Å². The van der Waals surface area contributed by atoms with E-state index in [-0.39, 0.29) is 5.82 Å². The van der Waals surface area contributed by atoms with Gasteiger partial charge in [0.05, 0.1) is 22.4 Å². The monoisotopic (exact) mass is 374 g/mol. The number of fused-ring (bicyclic) bond motifs is 3. The zero-order valence-corrected chi connectivity index (χ0v) is 14.7. The van der Waals surface area contributed by atoms with Crippen LogP contribution in [0.3, 0.4) is 0 Å². The molecule has 0 N–H and O–H groups in total. The fraction of sp³-hybridized carbons (Fsp3) is 0. The summed E-state index contributed by atoms with van der Waals surface area (Å²) >= 11 is 6.12. The SMILES string of the molecule is Fc1ccccc1-c1cc(-c2cccnc2)n2c(n1)nc1cc(Cl)ccc12. The van der Waals surface area contributed by atoms with E-state index in [1.54, 1.807) is 36.7 Å². The normalized spacial score (nSPS) is 11.3. The maximum Gasteiger partial charge on any atom is 0.235 e. The van der Waals surface area contributed by atoms with Crippen molar-refractivity contribution in [2.45, 2.75) is 0 Å². The van der Waals surface area contributed by atoms with Gasteiger partial charge in [-0.2, -0.15) is 0 Å². The number of hydrogen-bond donors (Lipinski definition) is 0. The van der Waals surface area contributed by atoms with E-state index in [4.69, 9.17) is 11.6 Å². The second-order valence-electron chi connectivity index (χ2n) is 6.13. The molecule has 0 amide bonds. The number of benzene rings is 2. The zero-order chi connectivity index (χ0) is 18.4. The summed E-state index contributed by atoms with van der Waals surface area (Å²) in [4.78, 5) is 13.4. The van der Waals surface area contributed by atoms with E-state index >= 15 is 0 Å². The van der Waals surface area contributed by atoms with Gasteiger partial charge in [0.15, 0.2) is 0 Å². The van der Waals surface area contributed by atoms with Crippen LogP contribution in [0.1, 0.15) is 0 Å². The van der Waals surface area contributed by atoms with E-state index in [0.29, 0.717) is 22.1 Å². The lowest BCUT2D eigenvalue weighted by Crippen LogP contribution is -1.98. The molecule has 0 radical (unpaired) electrons. The lowest BCUT2D eigenvalue weighted by atomic mass is 10.1. The number of halogens is 2. The molecule has 2 aromatic carbocycles. The maximum absolute atomic E-state index is 14.4. The van der Waals surface area contributed by atoms with E-state index in [9.17, 15) is 4.39 Å². The molecule has 0 aliphatic carbocycles. The molecule has 3 heterocycles. The molecule has 0 atom stereocenters. The molecular weight excluding hydrogens is 363 g/mol. The second-order valence-corrected chi connectivity index (χ2v) is 6.56. The third-order valence-corrected chi connectivity index (χ3v) is 4.68. The van der Waals surface area contributed by atoms with Crippen LogP contribution < -0.4 is 0 Å².